The monoisotopic (exact) mass is 310 g/mol. The van der Waals surface area contributed by atoms with Crippen molar-refractivity contribution in [1.29, 1.82) is 0 Å². The highest BCUT2D eigenvalue weighted by atomic mass is 16.6. The summed E-state index contributed by atoms with van der Waals surface area (Å²) in [4.78, 5) is 11.6. The van der Waals surface area contributed by atoms with E-state index in [1.807, 2.05) is 0 Å². The molecule has 0 radical (unpaired) electrons. The first kappa shape index (κ1) is 19.2. The highest BCUT2D eigenvalue weighted by molar-refractivity contribution is 5.81. The Morgan fingerprint density at radius 1 is 1.18 bits per heavy atom. The van der Waals surface area contributed by atoms with E-state index in [0.29, 0.717) is 0 Å². The Labute approximate surface area is 136 Å². The summed E-state index contributed by atoms with van der Waals surface area (Å²) in [6.07, 6.45) is 14.8. The molecule has 1 saturated carbocycles. The molecule has 1 N–H and O–H groups in total. The van der Waals surface area contributed by atoms with Crippen molar-refractivity contribution >= 4 is 5.97 Å². The van der Waals surface area contributed by atoms with Crippen LogP contribution in [-0.2, 0) is 9.53 Å². The molecule has 1 aliphatic carbocycles. The predicted octanol–water partition coefficient (Wildman–Crippen LogP) is 4.92. The van der Waals surface area contributed by atoms with Gasteiger partial charge in [-0.25, -0.2) is 4.79 Å². The van der Waals surface area contributed by atoms with Crippen LogP contribution in [0.2, 0.25) is 0 Å². The number of aliphatic hydroxyl groups is 1. The number of rotatable bonds is 11. The fourth-order valence-corrected chi connectivity index (χ4v) is 3.47. The second-order valence-electron chi connectivity index (χ2n) is 6.76. The Morgan fingerprint density at radius 2 is 1.86 bits per heavy atom. The molecule has 22 heavy (non-hydrogen) atoms. The topological polar surface area (TPSA) is 46.5 Å². The molecule has 0 aromatic heterocycles. The van der Waals surface area contributed by atoms with Gasteiger partial charge in [-0.15, -0.1) is 0 Å². The van der Waals surface area contributed by atoms with Crippen LogP contribution < -0.4 is 0 Å². The van der Waals surface area contributed by atoms with Gasteiger partial charge in [0.1, 0.15) is 5.60 Å². The van der Waals surface area contributed by atoms with E-state index in [-0.39, 0.29) is 17.7 Å². The first-order valence-electron chi connectivity index (χ1n) is 9.15. The number of carbonyl (C=O) groups is 1. The molecule has 0 aromatic rings. The van der Waals surface area contributed by atoms with Crippen molar-refractivity contribution in [2.75, 3.05) is 0 Å². The van der Waals surface area contributed by atoms with Gasteiger partial charge >= 0.3 is 5.97 Å². The van der Waals surface area contributed by atoms with Gasteiger partial charge in [-0.3, -0.25) is 0 Å². The van der Waals surface area contributed by atoms with Crippen LogP contribution >= 0.6 is 0 Å². The lowest BCUT2D eigenvalue weighted by Gasteiger charge is -2.36. The van der Waals surface area contributed by atoms with Crippen molar-refractivity contribution in [3.8, 4) is 0 Å². The van der Waals surface area contributed by atoms with E-state index in [4.69, 9.17) is 4.74 Å². The van der Waals surface area contributed by atoms with Gasteiger partial charge in [0.15, 0.2) is 0 Å². The van der Waals surface area contributed by atoms with Crippen LogP contribution in [0.25, 0.3) is 0 Å². The lowest BCUT2D eigenvalue weighted by atomic mass is 9.80. The Kier molecular flexibility index (Phi) is 9.45. The molecule has 0 amide bonds. The van der Waals surface area contributed by atoms with Crippen molar-refractivity contribution in [3.05, 3.63) is 12.7 Å². The third-order valence-corrected chi connectivity index (χ3v) is 4.81. The number of hydrogen-bond donors (Lipinski definition) is 1. The normalized spacial score (nSPS) is 18.6. The molecule has 0 spiro atoms. The SMILES string of the molecule is C=CC(=O)OC1(CCCC(O)CCCCCC)CCCCC1. The highest BCUT2D eigenvalue weighted by Gasteiger charge is 2.34. The quantitative estimate of drug-likeness (QED) is 0.335. The number of esters is 1. The zero-order valence-electron chi connectivity index (χ0n) is 14.3. The molecule has 0 saturated heterocycles. The van der Waals surface area contributed by atoms with Gasteiger partial charge in [0.2, 0.25) is 0 Å². The molecular weight excluding hydrogens is 276 g/mol. The fourth-order valence-electron chi connectivity index (χ4n) is 3.47. The van der Waals surface area contributed by atoms with E-state index in [9.17, 15) is 9.90 Å². The van der Waals surface area contributed by atoms with Gasteiger partial charge in [0.25, 0.3) is 0 Å². The van der Waals surface area contributed by atoms with Crippen molar-refractivity contribution < 1.29 is 14.6 Å². The van der Waals surface area contributed by atoms with Gasteiger partial charge in [-0.2, -0.15) is 0 Å². The maximum absolute atomic E-state index is 11.6. The van der Waals surface area contributed by atoms with Crippen LogP contribution in [0.1, 0.15) is 90.4 Å². The molecule has 1 atom stereocenters. The number of ether oxygens (including phenoxy) is 1. The third-order valence-electron chi connectivity index (χ3n) is 4.81. The zero-order chi connectivity index (χ0) is 16.3. The van der Waals surface area contributed by atoms with E-state index in [0.717, 1.165) is 57.8 Å². The van der Waals surface area contributed by atoms with E-state index in [1.165, 1.54) is 31.8 Å². The summed E-state index contributed by atoms with van der Waals surface area (Å²) in [5.74, 6) is -0.304. The van der Waals surface area contributed by atoms with Crippen LogP contribution in [-0.4, -0.2) is 22.8 Å². The summed E-state index contributed by atoms with van der Waals surface area (Å²) in [6, 6.07) is 0. The number of unbranched alkanes of at least 4 members (excludes halogenated alkanes) is 3. The smallest absolute Gasteiger partial charge is 0.330 e. The third kappa shape index (κ3) is 7.44. The Morgan fingerprint density at radius 3 is 2.50 bits per heavy atom. The molecule has 1 rings (SSSR count). The lowest BCUT2D eigenvalue weighted by molar-refractivity contribution is -0.158. The molecule has 1 fully saturated rings. The van der Waals surface area contributed by atoms with Crippen LogP contribution in [0, 0.1) is 0 Å². The second-order valence-corrected chi connectivity index (χ2v) is 6.76. The number of carbonyl (C=O) groups excluding carboxylic acids is 1. The Hall–Kier alpha value is -0.830. The standard InChI is InChI=1S/C19H34O3/c1-3-5-6-8-12-17(20)13-11-16-19(22-18(21)4-2)14-9-7-10-15-19/h4,17,20H,2-3,5-16H2,1H3. The van der Waals surface area contributed by atoms with Crippen LogP contribution in [0.4, 0.5) is 0 Å². The van der Waals surface area contributed by atoms with Gasteiger partial charge < -0.3 is 9.84 Å². The molecule has 0 aromatic carbocycles. The molecule has 0 aliphatic heterocycles. The molecule has 3 nitrogen and oxygen atoms in total. The highest BCUT2D eigenvalue weighted by Crippen LogP contribution is 2.36. The average Bonchev–Trinajstić information content (AvgIpc) is 2.52. The van der Waals surface area contributed by atoms with E-state index < -0.39 is 0 Å². The second kappa shape index (κ2) is 10.8. The largest absolute Gasteiger partial charge is 0.456 e. The molecule has 128 valence electrons. The van der Waals surface area contributed by atoms with Crippen LogP contribution in [0.5, 0.6) is 0 Å². The summed E-state index contributed by atoms with van der Waals surface area (Å²) >= 11 is 0. The van der Waals surface area contributed by atoms with Gasteiger partial charge in [-0.1, -0.05) is 45.6 Å². The van der Waals surface area contributed by atoms with Crippen molar-refractivity contribution in [2.24, 2.45) is 0 Å². The predicted molar refractivity (Wildman–Crippen MR) is 90.7 cm³/mol. The molecule has 0 heterocycles. The summed E-state index contributed by atoms with van der Waals surface area (Å²) in [6.45, 7) is 5.70. The minimum atomic E-state index is -0.304. The van der Waals surface area contributed by atoms with Crippen LogP contribution in [0.3, 0.4) is 0 Å². The van der Waals surface area contributed by atoms with E-state index >= 15 is 0 Å². The maximum Gasteiger partial charge on any atom is 0.330 e. The maximum atomic E-state index is 11.6. The molecule has 1 aliphatic rings. The lowest BCUT2D eigenvalue weighted by Crippen LogP contribution is -2.37. The summed E-state index contributed by atoms with van der Waals surface area (Å²) < 4.78 is 5.68. The van der Waals surface area contributed by atoms with Gasteiger partial charge in [0.05, 0.1) is 6.10 Å². The van der Waals surface area contributed by atoms with E-state index in [1.54, 1.807) is 0 Å². The molecule has 1 unspecified atom stereocenters. The van der Waals surface area contributed by atoms with Crippen molar-refractivity contribution in [2.45, 2.75) is 102 Å². The molecular formula is C19H34O3. The molecule has 3 heteroatoms. The first-order valence-corrected chi connectivity index (χ1v) is 9.15. The van der Waals surface area contributed by atoms with Crippen LogP contribution in [0.15, 0.2) is 12.7 Å². The first-order chi connectivity index (χ1) is 10.6. The fraction of sp³-hybridized carbons (Fsp3) is 0.842. The summed E-state index contributed by atoms with van der Waals surface area (Å²) in [5, 5.41) is 10.1. The van der Waals surface area contributed by atoms with Gasteiger partial charge in [0, 0.05) is 6.08 Å². The summed E-state index contributed by atoms with van der Waals surface area (Å²) in [5.41, 5.74) is -0.300. The zero-order valence-corrected chi connectivity index (χ0v) is 14.3. The van der Waals surface area contributed by atoms with Crippen molar-refractivity contribution in [1.82, 2.24) is 0 Å². The Bertz CT molecular complexity index is 319. The van der Waals surface area contributed by atoms with Crippen molar-refractivity contribution in [3.63, 3.8) is 0 Å². The van der Waals surface area contributed by atoms with Gasteiger partial charge in [-0.05, 0) is 51.4 Å². The molecule has 0 bridgehead atoms. The van der Waals surface area contributed by atoms with E-state index in [2.05, 4.69) is 13.5 Å². The summed E-state index contributed by atoms with van der Waals surface area (Å²) in [7, 11) is 0. The number of aliphatic hydroxyl groups excluding tert-OH is 1. The average molecular weight is 310 g/mol. The minimum absolute atomic E-state index is 0.201. The number of hydrogen-bond acceptors (Lipinski definition) is 3. The Balaban J connectivity index is 2.30. The minimum Gasteiger partial charge on any atom is -0.456 e.